The molecule has 3 aromatic carbocycles. The summed E-state index contributed by atoms with van der Waals surface area (Å²) in [6.07, 6.45) is 1.61. The summed E-state index contributed by atoms with van der Waals surface area (Å²) >= 11 is 0. The lowest BCUT2D eigenvalue weighted by molar-refractivity contribution is 0.0956. The first-order valence-corrected chi connectivity index (χ1v) is 11.3. The quantitative estimate of drug-likeness (QED) is 0.287. The highest BCUT2D eigenvalue weighted by Gasteiger charge is 2.18. The smallest absolute Gasteiger partial charge is 0.272 e. The van der Waals surface area contributed by atoms with E-state index in [-0.39, 0.29) is 5.91 Å². The number of benzene rings is 3. The van der Waals surface area contributed by atoms with E-state index in [1.807, 2.05) is 67.5 Å². The Balaban J connectivity index is 1.69. The van der Waals surface area contributed by atoms with Gasteiger partial charge in [-0.25, -0.2) is 10.4 Å². The lowest BCUT2D eigenvalue weighted by Gasteiger charge is -2.15. The third kappa shape index (κ3) is 5.07. The molecule has 0 aliphatic rings. The maximum Gasteiger partial charge on any atom is 0.272 e. The predicted molar refractivity (Wildman–Crippen MR) is 143 cm³/mol. The molecule has 0 unspecified atom stereocenters. The van der Waals surface area contributed by atoms with Crippen molar-refractivity contribution in [1.82, 2.24) is 10.4 Å². The zero-order valence-corrected chi connectivity index (χ0v) is 20.9. The highest BCUT2D eigenvalue weighted by Crippen LogP contribution is 2.41. The number of pyridine rings is 1. The number of carbonyl (C=O) groups is 1. The summed E-state index contributed by atoms with van der Waals surface area (Å²) in [6.45, 7) is 0. The molecule has 8 heteroatoms. The maximum atomic E-state index is 13.2. The number of methoxy groups -OCH3 is 3. The highest BCUT2D eigenvalue weighted by molar-refractivity contribution is 6.07. The van der Waals surface area contributed by atoms with E-state index in [2.05, 4.69) is 10.5 Å². The Bertz CT molecular complexity index is 1390. The zero-order chi connectivity index (χ0) is 25.7. The SMILES string of the molecule is COc1cc(-c2cc(C(=O)N/N=C/c3ccc(N(C)C)cc3)c3ccccc3n2)cc(OC)c1OC. The van der Waals surface area contributed by atoms with Crippen LogP contribution in [0.5, 0.6) is 17.2 Å². The van der Waals surface area contributed by atoms with Crippen molar-refractivity contribution in [1.29, 1.82) is 0 Å². The average molecular weight is 485 g/mol. The number of aromatic nitrogens is 1. The second-order valence-corrected chi connectivity index (χ2v) is 8.17. The van der Waals surface area contributed by atoms with Crippen LogP contribution < -0.4 is 24.5 Å². The number of nitrogens with zero attached hydrogens (tertiary/aromatic N) is 3. The summed E-state index contributed by atoms with van der Waals surface area (Å²) in [6, 6.07) is 20.7. The van der Waals surface area contributed by atoms with Gasteiger partial charge in [-0.2, -0.15) is 5.10 Å². The van der Waals surface area contributed by atoms with E-state index in [4.69, 9.17) is 19.2 Å². The minimum Gasteiger partial charge on any atom is -0.493 e. The van der Waals surface area contributed by atoms with Crippen LogP contribution in [-0.2, 0) is 0 Å². The van der Waals surface area contributed by atoms with Crippen molar-refractivity contribution in [3.63, 3.8) is 0 Å². The van der Waals surface area contributed by atoms with Gasteiger partial charge in [-0.05, 0) is 42.0 Å². The van der Waals surface area contributed by atoms with E-state index in [9.17, 15) is 4.79 Å². The van der Waals surface area contributed by atoms with Gasteiger partial charge < -0.3 is 19.1 Å². The van der Waals surface area contributed by atoms with E-state index >= 15 is 0 Å². The molecule has 0 aliphatic carbocycles. The highest BCUT2D eigenvalue weighted by atomic mass is 16.5. The molecule has 8 nitrogen and oxygen atoms in total. The molecule has 0 saturated carbocycles. The fraction of sp³-hybridized carbons (Fsp3) is 0.179. The fourth-order valence-corrected chi connectivity index (χ4v) is 3.82. The molecule has 1 N–H and O–H groups in total. The number of hydrogen-bond donors (Lipinski definition) is 1. The molecule has 1 aromatic heterocycles. The molecule has 4 rings (SSSR count). The van der Waals surface area contributed by atoms with E-state index in [0.29, 0.717) is 39.6 Å². The number of ether oxygens (including phenoxy) is 3. The van der Waals surface area contributed by atoms with Gasteiger partial charge in [0, 0.05) is 30.7 Å². The molecule has 36 heavy (non-hydrogen) atoms. The molecule has 0 atom stereocenters. The molecule has 184 valence electrons. The van der Waals surface area contributed by atoms with E-state index in [1.54, 1.807) is 45.7 Å². The Morgan fingerprint density at radius 2 is 1.58 bits per heavy atom. The molecule has 0 radical (unpaired) electrons. The Labute approximate surface area is 210 Å². The molecular formula is C28H28N4O4. The number of anilines is 1. The topological polar surface area (TPSA) is 85.3 Å². The van der Waals surface area contributed by atoms with Gasteiger partial charge in [0.05, 0.1) is 44.3 Å². The monoisotopic (exact) mass is 484 g/mol. The summed E-state index contributed by atoms with van der Waals surface area (Å²) in [5.74, 6) is 1.13. The second-order valence-electron chi connectivity index (χ2n) is 8.17. The number of nitrogens with one attached hydrogen (secondary N) is 1. The lowest BCUT2D eigenvalue weighted by Crippen LogP contribution is -2.18. The van der Waals surface area contributed by atoms with Crippen molar-refractivity contribution in [3.05, 3.63) is 77.9 Å². The molecule has 4 aromatic rings. The largest absolute Gasteiger partial charge is 0.493 e. The van der Waals surface area contributed by atoms with Crippen molar-refractivity contribution in [3.8, 4) is 28.5 Å². The van der Waals surface area contributed by atoms with Crippen LogP contribution in [0.3, 0.4) is 0 Å². The van der Waals surface area contributed by atoms with Crippen LogP contribution in [0.4, 0.5) is 5.69 Å². The molecule has 1 heterocycles. The summed E-state index contributed by atoms with van der Waals surface area (Å²) in [7, 11) is 8.62. The number of hydrazone groups is 1. The Morgan fingerprint density at radius 3 is 2.19 bits per heavy atom. The number of carbonyl (C=O) groups excluding carboxylic acids is 1. The van der Waals surface area contributed by atoms with E-state index < -0.39 is 0 Å². The zero-order valence-electron chi connectivity index (χ0n) is 20.9. The first-order chi connectivity index (χ1) is 17.4. The van der Waals surface area contributed by atoms with Gasteiger partial charge in [0.15, 0.2) is 11.5 Å². The minimum absolute atomic E-state index is 0.344. The van der Waals surface area contributed by atoms with Crippen LogP contribution in [0, 0.1) is 0 Å². The van der Waals surface area contributed by atoms with Gasteiger partial charge in [0.2, 0.25) is 5.75 Å². The van der Waals surface area contributed by atoms with Gasteiger partial charge >= 0.3 is 0 Å². The van der Waals surface area contributed by atoms with Crippen LogP contribution >= 0.6 is 0 Å². The normalized spacial score (nSPS) is 10.9. The molecule has 0 bridgehead atoms. The molecule has 0 spiro atoms. The Kier molecular flexibility index (Phi) is 7.34. The third-order valence-electron chi connectivity index (χ3n) is 5.71. The predicted octanol–water partition coefficient (Wildman–Crippen LogP) is 4.76. The van der Waals surface area contributed by atoms with Gasteiger partial charge in [0.25, 0.3) is 5.91 Å². The van der Waals surface area contributed by atoms with Crippen LogP contribution in [0.15, 0.2) is 71.8 Å². The molecule has 0 saturated heterocycles. The molecule has 0 fully saturated rings. The number of para-hydroxylation sites is 1. The number of hydrogen-bond acceptors (Lipinski definition) is 7. The number of fused-ring (bicyclic) bond motifs is 1. The number of amides is 1. The maximum absolute atomic E-state index is 13.2. The summed E-state index contributed by atoms with van der Waals surface area (Å²) < 4.78 is 16.4. The van der Waals surface area contributed by atoms with Gasteiger partial charge in [-0.15, -0.1) is 0 Å². The summed E-state index contributed by atoms with van der Waals surface area (Å²) in [4.78, 5) is 20.0. The standard InChI is InChI=1S/C28H28N4O4/c1-32(2)20-12-10-18(11-13-20)17-29-31-28(33)22-16-24(30-23-9-7-6-8-21(22)23)19-14-25(34-3)27(36-5)26(15-19)35-4/h6-17H,1-5H3,(H,31,33)/b29-17+. The number of rotatable bonds is 8. The van der Waals surface area contributed by atoms with Crippen molar-refractivity contribution in [2.75, 3.05) is 40.3 Å². The van der Waals surface area contributed by atoms with Gasteiger partial charge in [0.1, 0.15) is 0 Å². The van der Waals surface area contributed by atoms with Crippen molar-refractivity contribution in [2.24, 2.45) is 5.10 Å². The minimum atomic E-state index is -0.344. The molecular weight excluding hydrogens is 456 g/mol. The lowest BCUT2D eigenvalue weighted by atomic mass is 10.0. The first-order valence-electron chi connectivity index (χ1n) is 11.3. The van der Waals surface area contributed by atoms with Crippen LogP contribution in [0.25, 0.3) is 22.2 Å². The summed E-state index contributed by atoms with van der Waals surface area (Å²) in [5, 5.41) is 4.88. The van der Waals surface area contributed by atoms with Crippen LogP contribution in [0.2, 0.25) is 0 Å². The van der Waals surface area contributed by atoms with Crippen LogP contribution in [-0.4, -0.2) is 52.5 Å². The van der Waals surface area contributed by atoms with E-state index in [0.717, 1.165) is 16.6 Å². The first kappa shape index (κ1) is 24.5. The Morgan fingerprint density at radius 1 is 0.917 bits per heavy atom. The van der Waals surface area contributed by atoms with Crippen LogP contribution in [0.1, 0.15) is 15.9 Å². The Hall–Kier alpha value is -4.59. The van der Waals surface area contributed by atoms with Crippen molar-refractivity contribution in [2.45, 2.75) is 0 Å². The second kappa shape index (κ2) is 10.8. The summed E-state index contributed by atoms with van der Waals surface area (Å²) in [5.41, 5.74) is 7.03. The molecule has 1 amide bonds. The molecule has 0 aliphatic heterocycles. The third-order valence-corrected chi connectivity index (χ3v) is 5.71. The average Bonchev–Trinajstić information content (AvgIpc) is 2.91. The van der Waals surface area contributed by atoms with Crippen molar-refractivity contribution >= 4 is 28.7 Å². The van der Waals surface area contributed by atoms with E-state index in [1.165, 1.54) is 0 Å². The van der Waals surface area contributed by atoms with Crippen molar-refractivity contribution < 1.29 is 19.0 Å². The van der Waals surface area contributed by atoms with Gasteiger partial charge in [-0.1, -0.05) is 30.3 Å². The van der Waals surface area contributed by atoms with Gasteiger partial charge in [-0.3, -0.25) is 4.79 Å². The fourth-order valence-electron chi connectivity index (χ4n) is 3.82.